The smallest absolute Gasteiger partial charge is 0.231 e. The van der Waals surface area contributed by atoms with Gasteiger partial charge in [-0.1, -0.05) is 25.5 Å². The molecule has 1 unspecified atom stereocenters. The molecule has 4 heteroatoms. The highest BCUT2D eigenvalue weighted by Gasteiger charge is 2.15. The minimum Gasteiger partial charge on any atom is -0.454 e. The Balaban J connectivity index is 1.65. The van der Waals surface area contributed by atoms with Crippen LogP contribution in [0.15, 0.2) is 35.7 Å². The van der Waals surface area contributed by atoms with Crippen molar-refractivity contribution >= 4 is 11.3 Å². The summed E-state index contributed by atoms with van der Waals surface area (Å²) in [5.74, 6) is 1.70. The molecule has 0 bridgehead atoms. The molecule has 3 rings (SSSR count). The average Bonchev–Trinajstić information content (AvgIpc) is 3.13. The summed E-state index contributed by atoms with van der Waals surface area (Å²) >= 11 is 1.82. The summed E-state index contributed by atoms with van der Waals surface area (Å²) in [7, 11) is 0. The Hall–Kier alpha value is -1.52. The number of benzene rings is 1. The van der Waals surface area contributed by atoms with Crippen LogP contribution in [-0.2, 0) is 6.54 Å². The molecule has 0 radical (unpaired) electrons. The summed E-state index contributed by atoms with van der Waals surface area (Å²) in [6, 6.07) is 10.9. The van der Waals surface area contributed by atoms with Crippen LogP contribution in [0.2, 0.25) is 0 Å². The van der Waals surface area contributed by atoms with E-state index in [9.17, 15) is 0 Å². The molecule has 20 heavy (non-hydrogen) atoms. The summed E-state index contributed by atoms with van der Waals surface area (Å²) in [4.78, 5) is 1.41. The highest BCUT2D eigenvalue weighted by atomic mass is 32.1. The number of nitrogens with one attached hydrogen (secondary N) is 1. The average molecular weight is 289 g/mol. The zero-order chi connectivity index (χ0) is 13.8. The monoisotopic (exact) mass is 289 g/mol. The van der Waals surface area contributed by atoms with Crippen molar-refractivity contribution in [1.29, 1.82) is 0 Å². The molecule has 0 fully saturated rings. The number of thiophene rings is 1. The molecule has 1 aliphatic rings. The van der Waals surface area contributed by atoms with Crippen molar-refractivity contribution in [3.63, 3.8) is 0 Å². The third kappa shape index (κ3) is 2.97. The molecule has 0 aliphatic carbocycles. The minimum atomic E-state index is 0.333. The highest BCUT2D eigenvalue weighted by molar-refractivity contribution is 7.10. The fourth-order valence-electron chi connectivity index (χ4n) is 2.42. The van der Waals surface area contributed by atoms with Crippen LogP contribution < -0.4 is 14.8 Å². The Morgan fingerprint density at radius 2 is 2.15 bits per heavy atom. The van der Waals surface area contributed by atoms with E-state index in [2.05, 4.69) is 41.9 Å². The van der Waals surface area contributed by atoms with Gasteiger partial charge >= 0.3 is 0 Å². The van der Waals surface area contributed by atoms with Crippen LogP contribution in [-0.4, -0.2) is 6.79 Å². The molecular formula is C16H19NO2S. The Morgan fingerprint density at radius 1 is 1.25 bits per heavy atom. The fourth-order valence-corrected chi connectivity index (χ4v) is 3.25. The second kappa shape index (κ2) is 6.29. The van der Waals surface area contributed by atoms with E-state index >= 15 is 0 Å². The molecule has 3 nitrogen and oxygen atoms in total. The maximum Gasteiger partial charge on any atom is 0.231 e. The molecular weight excluding hydrogens is 270 g/mol. The molecule has 1 N–H and O–H groups in total. The van der Waals surface area contributed by atoms with Crippen molar-refractivity contribution in [3.05, 3.63) is 46.2 Å². The molecule has 1 aromatic carbocycles. The first-order valence-electron chi connectivity index (χ1n) is 7.02. The van der Waals surface area contributed by atoms with E-state index in [1.54, 1.807) is 0 Å². The Morgan fingerprint density at radius 3 is 2.95 bits per heavy atom. The third-order valence-corrected chi connectivity index (χ3v) is 4.44. The molecule has 0 saturated carbocycles. The van der Waals surface area contributed by atoms with Crippen LogP contribution >= 0.6 is 11.3 Å². The maximum absolute atomic E-state index is 5.42. The second-order valence-corrected chi connectivity index (χ2v) is 5.90. The van der Waals surface area contributed by atoms with Crippen molar-refractivity contribution in [2.24, 2.45) is 0 Å². The number of hydrogen-bond acceptors (Lipinski definition) is 4. The quantitative estimate of drug-likeness (QED) is 0.868. The molecule has 0 saturated heterocycles. The van der Waals surface area contributed by atoms with Crippen LogP contribution in [0.4, 0.5) is 0 Å². The van der Waals surface area contributed by atoms with Gasteiger partial charge in [-0.3, -0.25) is 0 Å². The van der Waals surface area contributed by atoms with E-state index in [-0.39, 0.29) is 0 Å². The molecule has 106 valence electrons. The minimum absolute atomic E-state index is 0.333. The standard InChI is InChI=1S/C16H19NO2S/c1-2-4-13(16-5-3-8-20-16)17-10-12-6-7-14-15(9-12)19-11-18-14/h3,5-9,13,17H,2,4,10-11H2,1H3. The summed E-state index contributed by atoms with van der Waals surface area (Å²) in [5.41, 5.74) is 1.23. The normalized spacial score (nSPS) is 14.4. The predicted molar refractivity (Wildman–Crippen MR) is 81.4 cm³/mol. The van der Waals surface area contributed by atoms with E-state index in [0.717, 1.165) is 24.5 Å². The van der Waals surface area contributed by atoms with Crippen LogP contribution in [0.1, 0.15) is 36.2 Å². The Bertz CT molecular complexity index is 554. The zero-order valence-electron chi connectivity index (χ0n) is 11.6. The topological polar surface area (TPSA) is 30.5 Å². The summed E-state index contributed by atoms with van der Waals surface area (Å²) < 4.78 is 10.8. The van der Waals surface area contributed by atoms with Gasteiger partial charge in [0.05, 0.1) is 0 Å². The van der Waals surface area contributed by atoms with Crippen LogP contribution in [0, 0.1) is 0 Å². The number of fused-ring (bicyclic) bond motifs is 1. The molecule has 0 amide bonds. The van der Waals surface area contributed by atoms with Gasteiger partial charge in [-0.05, 0) is 35.6 Å². The van der Waals surface area contributed by atoms with Gasteiger partial charge in [-0.15, -0.1) is 11.3 Å². The Labute approximate surface area is 123 Å². The van der Waals surface area contributed by atoms with Crippen molar-refractivity contribution < 1.29 is 9.47 Å². The number of ether oxygens (including phenoxy) is 2. The summed E-state index contributed by atoms with van der Waals surface area (Å²) in [6.45, 7) is 3.40. The Kier molecular flexibility index (Phi) is 4.23. The van der Waals surface area contributed by atoms with Crippen molar-refractivity contribution in [1.82, 2.24) is 5.32 Å². The lowest BCUT2D eigenvalue weighted by Crippen LogP contribution is -2.19. The van der Waals surface area contributed by atoms with Crippen molar-refractivity contribution in [3.8, 4) is 11.5 Å². The van der Waals surface area contributed by atoms with Gasteiger partial charge in [-0.2, -0.15) is 0 Å². The largest absolute Gasteiger partial charge is 0.454 e. The lowest BCUT2D eigenvalue weighted by Gasteiger charge is -2.17. The predicted octanol–water partition coefficient (Wildman–Crippen LogP) is 4.11. The van der Waals surface area contributed by atoms with Gasteiger partial charge in [0.25, 0.3) is 0 Å². The van der Waals surface area contributed by atoms with E-state index in [1.165, 1.54) is 16.9 Å². The van der Waals surface area contributed by atoms with E-state index in [4.69, 9.17) is 9.47 Å². The number of rotatable bonds is 6. The molecule has 1 aliphatic heterocycles. The van der Waals surface area contributed by atoms with Gasteiger partial charge in [0.2, 0.25) is 6.79 Å². The van der Waals surface area contributed by atoms with Gasteiger partial charge < -0.3 is 14.8 Å². The first-order chi connectivity index (χ1) is 9.86. The lowest BCUT2D eigenvalue weighted by atomic mass is 10.1. The SMILES string of the molecule is CCCC(NCc1ccc2c(c1)OCO2)c1cccs1. The van der Waals surface area contributed by atoms with Crippen molar-refractivity contribution in [2.45, 2.75) is 32.4 Å². The highest BCUT2D eigenvalue weighted by Crippen LogP contribution is 2.32. The van der Waals surface area contributed by atoms with Gasteiger partial charge in [0, 0.05) is 17.5 Å². The van der Waals surface area contributed by atoms with Crippen molar-refractivity contribution in [2.75, 3.05) is 6.79 Å². The second-order valence-electron chi connectivity index (χ2n) is 4.93. The van der Waals surface area contributed by atoms with Gasteiger partial charge in [0.15, 0.2) is 11.5 Å². The van der Waals surface area contributed by atoms with Crippen LogP contribution in [0.25, 0.3) is 0 Å². The van der Waals surface area contributed by atoms with E-state index < -0.39 is 0 Å². The van der Waals surface area contributed by atoms with Crippen LogP contribution in [0.3, 0.4) is 0 Å². The first kappa shape index (κ1) is 13.5. The molecule has 2 heterocycles. The maximum atomic E-state index is 5.42. The van der Waals surface area contributed by atoms with Gasteiger partial charge in [0.1, 0.15) is 0 Å². The summed E-state index contributed by atoms with van der Waals surface area (Å²) in [5, 5.41) is 5.78. The fraction of sp³-hybridized carbons (Fsp3) is 0.375. The lowest BCUT2D eigenvalue weighted by molar-refractivity contribution is 0.174. The first-order valence-corrected chi connectivity index (χ1v) is 7.90. The molecule has 1 atom stereocenters. The third-order valence-electron chi connectivity index (χ3n) is 3.45. The molecule has 1 aromatic heterocycles. The van der Waals surface area contributed by atoms with E-state index in [1.807, 2.05) is 17.4 Å². The van der Waals surface area contributed by atoms with Crippen LogP contribution in [0.5, 0.6) is 11.5 Å². The molecule has 2 aromatic rings. The summed E-state index contributed by atoms with van der Waals surface area (Å²) in [6.07, 6.45) is 2.34. The zero-order valence-corrected chi connectivity index (χ0v) is 12.4. The number of hydrogen-bond donors (Lipinski definition) is 1. The molecule has 0 spiro atoms. The van der Waals surface area contributed by atoms with E-state index in [0.29, 0.717) is 12.8 Å². The van der Waals surface area contributed by atoms with Gasteiger partial charge in [-0.25, -0.2) is 0 Å².